The van der Waals surface area contributed by atoms with E-state index < -0.39 is 48.5 Å². The molecule has 1 aliphatic rings. The Morgan fingerprint density at radius 2 is 2.00 bits per heavy atom. The van der Waals surface area contributed by atoms with Gasteiger partial charge in [0.2, 0.25) is 5.91 Å². The summed E-state index contributed by atoms with van der Waals surface area (Å²) in [6.45, 7) is 2.83. The molecule has 0 aliphatic carbocycles. The van der Waals surface area contributed by atoms with Gasteiger partial charge in [0.25, 0.3) is 5.91 Å². The van der Waals surface area contributed by atoms with Crippen LogP contribution in [0, 0.1) is 0 Å². The van der Waals surface area contributed by atoms with Crippen molar-refractivity contribution in [2.75, 3.05) is 19.0 Å². The lowest BCUT2D eigenvalue weighted by atomic mass is 10.1. The standard InChI is InChI=1S/C17H24N6O6/c1-17(2,19-3)16(28)22-13-9-7(12(18)27)4-23(14(9)21-6-20-13)15-11(26)10(25)8(5-24)29-15/h4,6,8,10-11,15,19,24-26H,5H2,1-3H3,(H2,18,27)(H,20,21,22,28)/t8-,10?,11?,15-/m1/s1. The minimum absolute atomic E-state index is 0.00379. The molecular formula is C17H24N6O6. The molecule has 29 heavy (non-hydrogen) atoms. The molecule has 1 fully saturated rings. The number of aliphatic hydroxyl groups is 3. The van der Waals surface area contributed by atoms with Gasteiger partial charge < -0.3 is 41.0 Å². The summed E-state index contributed by atoms with van der Waals surface area (Å²) in [7, 11) is 1.63. The number of anilines is 1. The van der Waals surface area contributed by atoms with Crippen LogP contribution in [0.1, 0.15) is 30.4 Å². The Balaban J connectivity index is 2.11. The average molecular weight is 408 g/mol. The molecule has 3 heterocycles. The smallest absolute Gasteiger partial charge is 0.251 e. The van der Waals surface area contributed by atoms with Gasteiger partial charge in [0.05, 0.1) is 23.1 Å². The van der Waals surface area contributed by atoms with E-state index in [4.69, 9.17) is 10.5 Å². The highest BCUT2D eigenvalue weighted by molar-refractivity contribution is 6.12. The summed E-state index contributed by atoms with van der Waals surface area (Å²) in [6.07, 6.45) is -2.39. The number of carbonyl (C=O) groups excluding carboxylic acids is 2. The van der Waals surface area contributed by atoms with Crippen molar-refractivity contribution in [2.45, 2.75) is 43.9 Å². The summed E-state index contributed by atoms with van der Waals surface area (Å²) in [4.78, 5) is 32.8. The second-order valence-corrected chi connectivity index (χ2v) is 7.29. The predicted octanol–water partition coefficient (Wildman–Crippen LogP) is -1.92. The van der Waals surface area contributed by atoms with Crippen LogP contribution in [0.15, 0.2) is 12.5 Å². The zero-order chi connectivity index (χ0) is 21.5. The molecule has 7 N–H and O–H groups in total. The number of fused-ring (bicyclic) bond motifs is 1. The Morgan fingerprint density at radius 1 is 1.31 bits per heavy atom. The predicted molar refractivity (Wildman–Crippen MR) is 101 cm³/mol. The minimum atomic E-state index is -1.39. The van der Waals surface area contributed by atoms with Gasteiger partial charge in [-0.1, -0.05) is 0 Å². The molecule has 1 aliphatic heterocycles. The number of likely N-dealkylation sites (N-methyl/N-ethyl adjacent to an activating group) is 1. The van der Waals surface area contributed by atoms with Crippen molar-refractivity contribution < 1.29 is 29.6 Å². The molecule has 2 unspecified atom stereocenters. The molecule has 2 aromatic rings. The third kappa shape index (κ3) is 3.56. The van der Waals surface area contributed by atoms with Crippen LogP contribution in [-0.4, -0.2) is 79.2 Å². The quantitative estimate of drug-likeness (QED) is 0.317. The first kappa shape index (κ1) is 21.1. The van der Waals surface area contributed by atoms with Crippen LogP contribution in [0.25, 0.3) is 11.0 Å². The topological polar surface area (TPSA) is 185 Å². The Morgan fingerprint density at radius 3 is 2.55 bits per heavy atom. The Hall–Kier alpha value is -2.64. The Bertz CT molecular complexity index is 944. The van der Waals surface area contributed by atoms with Crippen molar-refractivity contribution in [3.05, 3.63) is 18.1 Å². The van der Waals surface area contributed by atoms with Crippen molar-refractivity contribution in [1.29, 1.82) is 0 Å². The summed E-state index contributed by atoms with van der Waals surface area (Å²) < 4.78 is 6.84. The maximum atomic E-state index is 12.5. The number of primary amides is 1. The number of nitrogens with zero attached hydrogens (tertiary/aromatic N) is 3. The molecule has 1 saturated heterocycles. The van der Waals surface area contributed by atoms with Crippen LogP contribution in [0.4, 0.5) is 5.82 Å². The summed E-state index contributed by atoms with van der Waals surface area (Å²) >= 11 is 0. The van der Waals surface area contributed by atoms with Gasteiger partial charge in [-0.05, 0) is 20.9 Å². The highest BCUT2D eigenvalue weighted by Gasteiger charge is 2.44. The van der Waals surface area contributed by atoms with Crippen molar-refractivity contribution >= 4 is 28.7 Å². The number of nitrogens with one attached hydrogen (secondary N) is 2. The van der Waals surface area contributed by atoms with E-state index in [1.807, 2.05) is 0 Å². The third-order valence-electron chi connectivity index (χ3n) is 5.09. The van der Waals surface area contributed by atoms with Gasteiger partial charge in [-0.3, -0.25) is 9.59 Å². The molecule has 0 radical (unpaired) electrons. The van der Waals surface area contributed by atoms with E-state index in [1.54, 1.807) is 20.9 Å². The number of amides is 2. The number of aliphatic hydroxyl groups excluding tert-OH is 3. The van der Waals surface area contributed by atoms with Crippen LogP contribution in [0.3, 0.4) is 0 Å². The Kier molecular flexibility index (Phi) is 5.56. The first-order valence-electron chi connectivity index (χ1n) is 8.90. The van der Waals surface area contributed by atoms with Gasteiger partial charge in [-0.25, -0.2) is 9.97 Å². The molecule has 12 heteroatoms. The molecule has 3 rings (SSSR count). The zero-order valence-electron chi connectivity index (χ0n) is 16.2. The highest BCUT2D eigenvalue weighted by atomic mass is 16.6. The van der Waals surface area contributed by atoms with Gasteiger partial charge in [0, 0.05) is 6.20 Å². The summed E-state index contributed by atoms with van der Waals surface area (Å²) in [6, 6.07) is 0. The number of aromatic nitrogens is 3. The van der Waals surface area contributed by atoms with E-state index in [9.17, 15) is 24.9 Å². The second-order valence-electron chi connectivity index (χ2n) is 7.29. The number of carbonyl (C=O) groups is 2. The molecule has 4 atom stereocenters. The van der Waals surface area contributed by atoms with Crippen molar-refractivity contribution in [3.63, 3.8) is 0 Å². The highest BCUT2D eigenvalue weighted by Crippen LogP contribution is 2.35. The van der Waals surface area contributed by atoms with E-state index >= 15 is 0 Å². The van der Waals surface area contributed by atoms with Gasteiger partial charge in [0.15, 0.2) is 6.23 Å². The largest absolute Gasteiger partial charge is 0.394 e. The van der Waals surface area contributed by atoms with Crippen molar-refractivity contribution in [1.82, 2.24) is 19.9 Å². The number of hydrogen-bond acceptors (Lipinski definition) is 9. The van der Waals surface area contributed by atoms with E-state index in [2.05, 4.69) is 20.6 Å². The zero-order valence-corrected chi connectivity index (χ0v) is 16.2. The van der Waals surface area contributed by atoms with E-state index in [-0.39, 0.29) is 22.4 Å². The summed E-state index contributed by atoms with van der Waals surface area (Å²) in [5, 5.41) is 35.3. The molecule has 0 spiro atoms. The number of ether oxygens (including phenoxy) is 1. The lowest BCUT2D eigenvalue weighted by Crippen LogP contribution is -2.48. The fraction of sp³-hybridized carbons (Fsp3) is 0.529. The number of rotatable bonds is 6. The third-order valence-corrected chi connectivity index (χ3v) is 5.09. The normalized spacial score (nSPS) is 24.8. The van der Waals surface area contributed by atoms with Crippen LogP contribution >= 0.6 is 0 Å². The summed E-state index contributed by atoms with van der Waals surface area (Å²) in [5.41, 5.74) is 4.72. The van der Waals surface area contributed by atoms with Crippen LogP contribution in [-0.2, 0) is 9.53 Å². The van der Waals surface area contributed by atoms with Gasteiger partial charge in [-0.15, -0.1) is 0 Å². The number of nitrogens with two attached hydrogens (primary N) is 1. The molecule has 158 valence electrons. The van der Waals surface area contributed by atoms with Gasteiger partial charge in [-0.2, -0.15) is 0 Å². The molecule has 0 bridgehead atoms. The molecule has 2 aromatic heterocycles. The van der Waals surface area contributed by atoms with Crippen LogP contribution < -0.4 is 16.4 Å². The molecular weight excluding hydrogens is 384 g/mol. The van der Waals surface area contributed by atoms with E-state index in [1.165, 1.54) is 17.1 Å². The van der Waals surface area contributed by atoms with E-state index in [0.29, 0.717) is 0 Å². The second kappa shape index (κ2) is 7.65. The Labute approximate surface area is 165 Å². The maximum absolute atomic E-state index is 12.5. The van der Waals surface area contributed by atoms with Gasteiger partial charge >= 0.3 is 0 Å². The average Bonchev–Trinajstić information content (AvgIpc) is 3.21. The SMILES string of the molecule is CNC(C)(C)C(=O)Nc1ncnc2c1c(C(N)=O)cn2[C@@H]1O[C@H](CO)C(O)C1O. The first-order chi connectivity index (χ1) is 13.6. The van der Waals surface area contributed by atoms with Crippen molar-refractivity contribution in [3.8, 4) is 0 Å². The maximum Gasteiger partial charge on any atom is 0.251 e. The lowest BCUT2D eigenvalue weighted by Gasteiger charge is -2.22. The number of hydrogen-bond donors (Lipinski definition) is 6. The molecule has 0 saturated carbocycles. The van der Waals surface area contributed by atoms with E-state index in [0.717, 1.165) is 0 Å². The van der Waals surface area contributed by atoms with Crippen LogP contribution in [0.5, 0.6) is 0 Å². The fourth-order valence-electron chi connectivity index (χ4n) is 3.05. The first-order valence-corrected chi connectivity index (χ1v) is 8.90. The fourth-order valence-corrected chi connectivity index (χ4v) is 3.05. The minimum Gasteiger partial charge on any atom is -0.394 e. The molecule has 2 amide bonds. The summed E-state index contributed by atoms with van der Waals surface area (Å²) in [5.74, 6) is -1.16. The van der Waals surface area contributed by atoms with Crippen LogP contribution in [0.2, 0.25) is 0 Å². The monoisotopic (exact) mass is 408 g/mol. The lowest BCUT2D eigenvalue weighted by molar-refractivity contribution is -0.121. The van der Waals surface area contributed by atoms with Crippen molar-refractivity contribution in [2.24, 2.45) is 5.73 Å². The van der Waals surface area contributed by atoms with Gasteiger partial charge in [0.1, 0.15) is 36.1 Å². The molecule has 0 aromatic carbocycles. The molecule has 12 nitrogen and oxygen atoms in total.